The zero-order chi connectivity index (χ0) is 9.57. The summed E-state index contributed by atoms with van der Waals surface area (Å²) < 4.78 is 10.9. The molecule has 0 bridgehead atoms. The lowest BCUT2D eigenvalue weighted by Gasteiger charge is -2.62. The topological polar surface area (TPSA) is 18.5 Å². The molecule has 72 valence electrons. The average molecular weight is 172 g/mol. The Balaban J connectivity index is 2.81. The molecule has 1 aliphatic carbocycles. The standard InChI is InChI=1S/C10H20O2/c1-9(2)7(11-5)10(3,4)8(9)12-6/h7-8H,1-6H3/t7-,8+. The Labute approximate surface area is 75.2 Å². The summed E-state index contributed by atoms with van der Waals surface area (Å²) in [5.74, 6) is 0. The van der Waals surface area contributed by atoms with Crippen LogP contribution in [0.25, 0.3) is 0 Å². The second-order valence-corrected chi connectivity index (χ2v) is 4.87. The van der Waals surface area contributed by atoms with Crippen LogP contribution in [0.5, 0.6) is 0 Å². The quantitative estimate of drug-likeness (QED) is 0.635. The first-order valence-corrected chi connectivity index (χ1v) is 4.44. The van der Waals surface area contributed by atoms with Crippen molar-refractivity contribution in [1.29, 1.82) is 0 Å². The molecule has 0 unspecified atom stereocenters. The first-order chi connectivity index (χ1) is 5.39. The molecule has 0 saturated heterocycles. The van der Waals surface area contributed by atoms with Crippen LogP contribution in [0.3, 0.4) is 0 Å². The van der Waals surface area contributed by atoms with Crippen molar-refractivity contribution in [2.75, 3.05) is 14.2 Å². The van der Waals surface area contributed by atoms with Crippen LogP contribution in [0.2, 0.25) is 0 Å². The molecule has 1 rings (SSSR count). The van der Waals surface area contributed by atoms with Gasteiger partial charge in [-0.15, -0.1) is 0 Å². The van der Waals surface area contributed by atoms with E-state index in [0.717, 1.165) is 0 Å². The minimum atomic E-state index is 0.146. The van der Waals surface area contributed by atoms with Crippen LogP contribution in [0.15, 0.2) is 0 Å². The third kappa shape index (κ3) is 1.01. The summed E-state index contributed by atoms with van der Waals surface area (Å²) in [5.41, 5.74) is 0.292. The van der Waals surface area contributed by atoms with Gasteiger partial charge < -0.3 is 9.47 Å². The second kappa shape index (κ2) is 2.71. The van der Waals surface area contributed by atoms with E-state index in [0.29, 0.717) is 12.2 Å². The van der Waals surface area contributed by atoms with Gasteiger partial charge in [-0.25, -0.2) is 0 Å². The van der Waals surface area contributed by atoms with Crippen molar-refractivity contribution in [3.05, 3.63) is 0 Å². The van der Waals surface area contributed by atoms with Gasteiger partial charge in [0.15, 0.2) is 0 Å². The predicted octanol–water partition coefficient (Wildman–Crippen LogP) is 2.08. The molecule has 0 atom stereocenters. The molecule has 0 amide bonds. The van der Waals surface area contributed by atoms with Crippen molar-refractivity contribution in [2.24, 2.45) is 10.8 Å². The number of hydrogen-bond donors (Lipinski definition) is 0. The SMILES string of the molecule is CO[C@H]1C(C)(C)[C@@H](OC)C1(C)C. The minimum absolute atomic E-state index is 0.146. The van der Waals surface area contributed by atoms with Gasteiger partial charge in [0, 0.05) is 25.0 Å². The third-order valence-corrected chi connectivity index (χ3v) is 3.17. The molecular formula is C10H20O2. The van der Waals surface area contributed by atoms with Crippen LogP contribution in [-0.4, -0.2) is 26.4 Å². The Kier molecular flexibility index (Phi) is 2.26. The van der Waals surface area contributed by atoms with Crippen LogP contribution in [-0.2, 0) is 9.47 Å². The van der Waals surface area contributed by atoms with Crippen molar-refractivity contribution >= 4 is 0 Å². The number of rotatable bonds is 2. The first-order valence-electron chi connectivity index (χ1n) is 4.44. The Hall–Kier alpha value is -0.0800. The Bertz CT molecular complexity index is 141. The number of ether oxygens (including phenoxy) is 2. The molecule has 1 aliphatic rings. The lowest BCUT2D eigenvalue weighted by Crippen LogP contribution is -2.68. The van der Waals surface area contributed by atoms with Gasteiger partial charge in [-0.3, -0.25) is 0 Å². The fraction of sp³-hybridized carbons (Fsp3) is 1.00. The molecule has 2 heteroatoms. The molecule has 0 aliphatic heterocycles. The fourth-order valence-electron chi connectivity index (χ4n) is 3.31. The van der Waals surface area contributed by atoms with Gasteiger partial charge in [-0.05, 0) is 0 Å². The summed E-state index contributed by atoms with van der Waals surface area (Å²) in [5, 5.41) is 0. The summed E-state index contributed by atoms with van der Waals surface area (Å²) in [7, 11) is 3.56. The van der Waals surface area contributed by atoms with Crippen molar-refractivity contribution in [1.82, 2.24) is 0 Å². The summed E-state index contributed by atoms with van der Waals surface area (Å²) in [6, 6.07) is 0. The van der Waals surface area contributed by atoms with Crippen molar-refractivity contribution in [3.63, 3.8) is 0 Å². The van der Waals surface area contributed by atoms with Crippen LogP contribution in [0, 0.1) is 10.8 Å². The van der Waals surface area contributed by atoms with Crippen LogP contribution in [0.1, 0.15) is 27.7 Å². The maximum absolute atomic E-state index is 5.47. The maximum atomic E-state index is 5.47. The van der Waals surface area contributed by atoms with Crippen molar-refractivity contribution < 1.29 is 9.47 Å². The predicted molar refractivity (Wildman–Crippen MR) is 49.2 cm³/mol. The van der Waals surface area contributed by atoms with Gasteiger partial charge in [-0.1, -0.05) is 27.7 Å². The van der Waals surface area contributed by atoms with E-state index in [1.165, 1.54) is 0 Å². The van der Waals surface area contributed by atoms with E-state index in [9.17, 15) is 0 Å². The van der Waals surface area contributed by atoms with E-state index < -0.39 is 0 Å². The smallest absolute Gasteiger partial charge is 0.0723 e. The monoisotopic (exact) mass is 172 g/mol. The second-order valence-electron chi connectivity index (χ2n) is 4.87. The number of methoxy groups -OCH3 is 2. The largest absolute Gasteiger partial charge is 0.380 e. The molecule has 0 aromatic rings. The zero-order valence-electron chi connectivity index (χ0n) is 8.97. The maximum Gasteiger partial charge on any atom is 0.0723 e. The molecule has 0 heterocycles. The number of hydrogen-bond acceptors (Lipinski definition) is 2. The Morgan fingerprint density at radius 2 is 1.00 bits per heavy atom. The van der Waals surface area contributed by atoms with Crippen LogP contribution < -0.4 is 0 Å². The van der Waals surface area contributed by atoms with E-state index >= 15 is 0 Å². The highest BCUT2D eigenvalue weighted by molar-refractivity contribution is 5.11. The molecule has 12 heavy (non-hydrogen) atoms. The van der Waals surface area contributed by atoms with Crippen molar-refractivity contribution in [2.45, 2.75) is 39.9 Å². The van der Waals surface area contributed by atoms with Gasteiger partial charge in [0.25, 0.3) is 0 Å². The highest BCUT2D eigenvalue weighted by atomic mass is 16.5. The molecule has 1 saturated carbocycles. The van der Waals surface area contributed by atoms with Gasteiger partial charge in [0.2, 0.25) is 0 Å². The molecule has 2 nitrogen and oxygen atoms in total. The normalized spacial score (nSPS) is 37.5. The van der Waals surface area contributed by atoms with E-state index in [1.54, 1.807) is 14.2 Å². The fourth-order valence-corrected chi connectivity index (χ4v) is 3.31. The lowest BCUT2D eigenvalue weighted by atomic mass is 9.51. The highest BCUT2D eigenvalue weighted by Crippen LogP contribution is 2.56. The molecule has 0 spiro atoms. The van der Waals surface area contributed by atoms with E-state index in [2.05, 4.69) is 27.7 Å². The van der Waals surface area contributed by atoms with Crippen LogP contribution >= 0.6 is 0 Å². The third-order valence-electron chi connectivity index (χ3n) is 3.17. The Morgan fingerprint density at radius 1 is 0.750 bits per heavy atom. The van der Waals surface area contributed by atoms with Gasteiger partial charge >= 0.3 is 0 Å². The molecule has 0 aromatic heterocycles. The first kappa shape index (κ1) is 10.0. The summed E-state index contributed by atoms with van der Waals surface area (Å²) in [6.07, 6.45) is 0.602. The summed E-state index contributed by atoms with van der Waals surface area (Å²) in [4.78, 5) is 0. The zero-order valence-corrected chi connectivity index (χ0v) is 8.97. The molecule has 0 N–H and O–H groups in total. The van der Waals surface area contributed by atoms with Crippen molar-refractivity contribution in [3.8, 4) is 0 Å². The average Bonchev–Trinajstić information content (AvgIpc) is 1.85. The Morgan fingerprint density at radius 3 is 1.17 bits per heavy atom. The van der Waals surface area contributed by atoms with E-state index in [4.69, 9.17) is 9.47 Å². The van der Waals surface area contributed by atoms with Gasteiger partial charge in [-0.2, -0.15) is 0 Å². The van der Waals surface area contributed by atoms with E-state index in [-0.39, 0.29) is 10.8 Å². The lowest BCUT2D eigenvalue weighted by molar-refractivity contribution is -0.267. The molecule has 0 aromatic carbocycles. The molecule has 1 fully saturated rings. The van der Waals surface area contributed by atoms with Gasteiger partial charge in [0.05, 0.1) is 12.2 Å². The molecular weight excluding hydrogens is 152 g/mol. The van der Waals surface area contributed by atoms with E-state index in [1.807, 2.05) is 0 Å². The highest BCUT2D eigenvalue weighted by Gasteiger charge is 2.62. The minimum Gasteiger partial charge on any atom is -0.380 e. The molecule has 0 radical (unpaired) electrons. The van der Waals surface area contributed by atoms with Gasteiger partial charge in [0.1, 0.15) is 0 Å². The summed E-state index contributed by atoms with van der Waals surface area (Å²) in [6.45, 7) is 8.78. The summed E-state index contributed by atoms with van der Waals surface area (Å²) >= 11 is 0. The van der Waals surface area contributed by atoms with Crippen LogP contribution in [0.4, 0.5) is 0 Å².